The third kappa shape index (κ3) is 5.08. The summed E-state index contributed by atoms with van der Waals surface area (Å²) in [5.41, 5.74) is 1.00. The van der Waals surface area contributed by atoms with Gasteiger partial charge in [-0.25, -0.2) is 0 Å². The van der Waals surface area contributed by atoms with E-state index in [0.717, 1.165) is 5.39 Å². The number of hydrogen-bond donors (Lipinski definition) is 1. The quantitative estimate of drug-likeness (QED) is 0.463. The number of imide groups is 1. The van der Waals surface area contributed by atoms with Crippen LogP contribution in [0.4, 0.5) is 0 Å². The molecule has 0 atom stereocenters. The summed E-state index contributed by atoms with van der Waals surface area (Å²) in [6.45, 7) is 1.15. The largest absolute Gasteiger partial charge is 0.385 e. The van der Waals surface area contributed by atoms with Crippen molar-refractivity contribution in [2.24, 2.45) is 0 Å². The maximum Gasteiger partial charge on any atom is 0.261 e. The van der Waals surface area contributed by atoms with Crippen LogP contribution in [-0.4, -0.2) is 73.8 Å². The number of ether oxygens (including phenoxy) is 1. The second-order valence-electron chi connectivity index (χ2n) is 7.52. The molecule has 8 heteroatoms. The number of nitrogens with zero attached hydrogens (tertiary/aromatic N) is 2. The first kappa shape index (κ1) is 22.4. The predicted molar refractivity (Wildman–Crippen MR) is 116 cm³/mol. The lowest BCUT2D eigenvalue weighted by atomic mass is 9.94. The normalized spacial score (nSPS) is 12.9. The van der Waals surface area contributed by atoms with Gasteiger partial charge in [0, 0.05) is 56.8 Å². The Morgan fingerprint density at radius 2 is 1.68 bits per heavy atom. The Kier molecular flexibility index (Phi) is 7.36. The molecule has 0 aliphatic carbocycles. The van der Waals surface area contributed by atoms with Gasteiger partial charge in [-0.3, -0.25) is 24.1 Å². The van der Waals surface area contributed by atoms with Crippen LogP contribution in [0.1, 0.15) is 40.0 Å². The van der Waals surface area contributed by atoms with Crippen LogP contribution >= 0.6 is 0 Å². The molecule has 0 unspecified atom stereocenters. The Morgan fingerprint density at radius 1 is 1.03 bits per heavy atom. The highest BCUT2D eigenvalue weighted by Crippen LogP contribution is 2.30. The Bertz CT molecular complexity index is 953. The maximum absolute atomic E-state index is 12.9. The van der Waals surface area contributed by atoms with Crippen molar-refractivity contribution in [3.63, 3.8) is 0 Å². The first-order valence-corrected chi connectivity index (χ1v) is 10.3. The predicted octanol–water partition coefficient (Wildman–Crippen LogP) is 1.83. The molecule has 0 saturated carbocycles. The first-order valence-electron chi connectivity index (χ1n) is 10.3. The van der Waals surface area contributed by atoms with E-state index >= 15 is 0 Å². The number of nitrogens with one attached hydrogen (secondary N) is 1. The third-order valence-corrected chi connectivity index (χ3v) is 5.28. The number of carbonyl (C=O) groups excluding carboxylic acids is 4. The van der Waals surface area contributed by atoms with Gasteiger partial charge in [0.05, 0.1) is 6.54 Å². The van der Waals surface area contributed by atoms with Crippen molar-refractivity contribution in [2.45, 2.75) is 19.3 Å². The van der Waals surface area contributed by atoms with Gasteiger partial charge in [-0.1, -0.05) is 24.3 Å². The zero-order valence-corrected chi connectivity index (χ0v) is 17.8. The molecule has 164 valence electrons. The zero-order chi connectivity index (χ0) is 22.4. The van der Waals surface area contributed by atoms with E-state index in [2.05, 4.69) is 5.32 Å². The van der Waals surface area contributed by atoms with Crippen molar-refractivity contribution < 1.29 is 23.9 Å². The van der Waals surface area contributed by atoms with Crippen LogP contribution < -0.4 is 5.32 Å². The monoisotopic (exact) mass is 425 g/mol. The van der Waals surface area contributed by atoms with Crippen LogP contribution in [0.3, 0.4) is 0 Å². The molecule has 0 radical (unpaired) electrons. The molecule has 1 N–H and O–H groups in total. The molecule has 1 aliphatic heterocycles. The molecule has 1 aliphatic rings. The van der Waals surface area contributed by atoms with Gasteiger partial charge in [-0.05, 0) is 30.4 Å². The molecule has 0 bridgehead atoms. The van der Waals surface area contributed by atoms with Crippen LogP contribution in [-0.2, 0) is 14.3 Å². The molecule has 0 saturated heterocycles. The molecule has 0 fully saturated rings. The number of amides is 4. The van der Waals surface area contributed by atoms with Crippen LogP contribution in [0.15, 0.2) is 36.4 Å². The lowest BCUT2D eigenvalue weighted by molar-refractivity contribution is -0.134. The smallest absolute Gasteiger partial charge is 0.261 e. The molecule has 1 heterocycles. The fourth-order valence-corrected chi connectivity index (χ4v) is 3.67. The Labute approximate surface area is 181 Å². The van der Waals surface area contributed by atoms with Crippen LogP contribution in [0, 0.1) is 0 Å². The van der Waals surface area contributed by atoms with E-state index in [0.29, 0.717) is 42.5 Å². The van der Waals surface area contributed by atoms with E-state index in [-0.39, 0.29) is 43.1 Å². The van der Waals surface area contributed by atoms with Crippen molar-refractivity contribution in [3.8, 4) is 0 Å². The van der Waals surface area contributed by atoms with Crippen molar-refractivity contribution in [3.05, 3.63) is 47.5 Å². The van der Waals surface area contributed by atoms with Crippen LogP contribution in [0.5, 0.6) is 0 Å². The van der Waals surface area contributed by atoms with Gasteiger partial charge in [0.15, 0.2) is 0 Å². The molecule has 2 aromatic rings. The number of methoxy groups -OCH3 is 1. The summed E-state index contributed by atoms with van der Waals surface area (Å²) in [6, 6.07) is 10.8. The molecule has 4 amide bonds. The van der Waals surface area contributed by atoms with E-state index in [9.17, 15) is 19.2 Å². The summed E-state index contributed by atoms with van der Waals surface area (Å²) in [5, 5.41) is 4.27. The SMILES string of the molecule is COCCCNC(=O)CN(C)C(=O)CCCN1C(=O)c2cccc3cccc(c23)C1=O. The van der Waals surface area contributed by atoms with Gasteiger partial charge in [0.25, 0.3) is 11.8 Å². The zero-order valence-electron chi connectivity index (χ0n) is 17.8. The first-order chi connectivity index (χ1) is 14.9. The van der Waals surface area contributed by atoms with Gasteiger partial charge in [0.1, 0.15) is 0 Å². The topological polar surface area (TPSA) is 96.0 Å². The number of rotatable bonds is 10. The molecule has 3 rings (SSSR count). The van der Waals surface area contributed by atoms with Crippen LogP contribution in [0.2, 0.25) is 0 Å². The molecular formula is C23H27N3O5. The van der Waals surface area contributed by atoms with E-state index in [1.165, 1.54) is 9.80 Å². The Morgan fingerprint density at radius 3 is 2.29 bits per heavy atom. The minimum Gasteiger partial charge on any atom is -0.385 e. The van der Waals surface area contributed by atoms with Gasteiger partial charge < -0.3 is 15.0 Å². The molecule has 0 spiro atoms. The summed E-state index contributed by atoms with van der Waals surface area (Å²) in [5.74, 6) is -1.14. The summed E-state index contributed by atoms with van der Waals surface area (Å²) < 4.78 is 4.92. The van der Waals surface area contributed by atoms with Crippen molar-refractivity contribution in [1.82, 2.24) is 15.1 Å². The van der Waals surface area contributed by atoms with Crippen molar-refractivity contribution >= 4 is 34.4 Å². The lowest BCUT2D eigenvalue weighted by Crippen LogP contribution is -2.42. The summed E-state index contributed by atoms with van der Waals surface area (Å²) in [6.07, 6.45) is 1.17. The fraction of sp³-hybridized carbons (Fsp3) is 0.391. The standard InChI is InChI=1S/C23H27N3O5/c1-25(15-19(27)24-12-6-14-31-2)20(28)11-5-13-26-22(29)17-9-3-7-16-8-4-10-18(21(16)17)23(26)30/h3-4,7-10H,5-6,11-15H2,1-2H3,(H,24,27). The molecule has 31 heavy (non-hydrogen) atoms. The molecular weight excluding hydrogens is 398 g/mol. The number of carbonyl (C=O) groups is 4. The van der Waals surface area contributed by atoms with Gasteiger partial charge >= 0.3 is 0 Å². The number of likely N-dealkylation sites (N-methyl/N-ethyl adjacent to an activating group) is 1. The second-order valence-corrected chi connectivity index (χ2v) is 7.52. The molecule has 0 aromatic heterocycles. The van der Waals surface area contributed by atoms with E-state index < -0.39 is 0 Å². The highest BCUT2D eigenvalue weighted by atomic mass is 16.5. The highest BCUT2D eigenvalue weighted by Gasteiger charge is 2.32. The molecule has 2 aromatic carbocycles. The van der Waals surface area contributed by atoms with Gasteiger partial charge in [0.2, 0.25) is 11.8 Å². The fourth-order valence-electron chi connectivity index (χ4n) is 3.67. The highest BCUT2D eigenvalue weighted by molar-refractivity contribution is 6.25. The average Bonchev–Trinajstić information content (AvgIpc) is 2.77. The second kappa shape index (κ2) is 10.2. The van der Waals surface area contributed by atoms with Crippen molar-refractivity contribution in [1.29, 1.82) is 0 Å². The maximum atomic E-state index is 12.9. The lowest BCUT2D eigenvalue weighted by Gasteiger charge is -2.27. The minimum absolute atomic E-state index is 0.0389. The Hall–Kier alpha value is -3.26. The number of benzene rings is 2. The van der Waals surface area contributed by atoms with Gasteiger partial charge in [-0.2, -0.15) is 0 Å². The van der Waals surface area contributed by atoms with Crippen molar-refractivity contribution in [2.75, 3.05) is 40.4 Å². The average molecular weight is 425 g/mol. The van der Waals surface area contributed by atoms with Gasteiger partial charge in [-0.15, -0.1) is 0 Å². The Balaban J connectivity index is 1.52. The summed E-state index contributed by atoms with van der Waals surface area (Å²) in [4.78, 5) is 52.5. The van der Waals surface area contributed by atoms with E-state index in [4.69, 9.17) is 4.74 Å². The van der Waals surface area contributed by atoms with Crippen LogP contribution in [0.25, 0.3) is 10.8 Å². The van der Waals surface area contributed by atoms with E-state index in [1.54, 1.807) is 38.4 Å². The third-order valence-electron chi connectivity index (χ3n) is 5.28. The molecule has 8 nitrogen and oxygen atoms in total. The number of hydrogen-bond acceptors (Lipinski definition) is 5. The summed E-state index contributed by atoms with van der Waals surface area (Å²) in [7, 11) is 3.16. The summed E-state index contributed by atoms with van der Waals surface area (Å²) >= 11 is 0. The van der Waals surface area contributed by atoms with E-state index in [1.807, 2.05) is 12.1 Å². The minimum atomic E-state index is -0.342.